The van der Waals surface area contributed by atoms with E-state index in [0.29, 0.717) is 30.4 Å². The zero-order valence-corrected chi connectivity index (χ0v) is 12.3. The summed E-state index contributed by atoms with van der Waals surface area (Å²) in [4.78, 5) is 22.3. The molecule has 1 unspecified atom stereocenters. The highest BCUT2D eigenvalue weighted by Gasteiger charge is 2.26. The lowest BCUT2D eigenvalue weighted by Crippen LogP contribution is -2.44. The molecule has 0 aromatic carbocycles. The van der Waals surface area contributed by atoms with Crippen LogP contribution in [-0.4, -0.2) is 47.1 Å². The molecule has 1 aliphatic heterocycles. The third-order valence-electron chi connectivity index (χ3n) is 3.52. The van der Waals surface area contributed by atoms with Crippen molar-refractivity contribution >= 4 is 5.91 Å². The molecular weight excluding hydrogens is 286 g/mol. The van der Waals surface area contributed by atoms with Crippen molar-refractivity contribution < 1.29 is 18.7 Å². The highest BCUT2D eigenvalue weighted by atomic mass is 16.5. The van der Waals surface area contributed by atoms with Gasteiger partial charge in [0.2, 0.25) is 11.8 Å². The molecule has 7 nitrogen and oxygen atoms in total. The molecule has 0 aliphatic carbocycles. The standard InChI is InChI=1S/C15H17N3O4/c1-20-13-7-16-8-14(17-13)22-12-3-2-5-18(9-12)15(19)11-4-6-21-10-11/h4,6-8,10,12H,2-3,5,9H2,1H3. The van der Waals surface area contributed by atoms with Crippen molar-refractivity contribution in [2.75, 3.05) is 20.2 Å². The number of carbonyl (C=O) groups is 1. The number of aromatic nitrogens is 2. The molecule has 3 rings (SSSR count). The van der Waals surface area contributed by atoms with Crippen molar-refractivity contribution in [1.82, 2.24) is 14.9 Å². The van der Waals surface area contributed by atoms with Gasteiger partial charge in [0.25, 0.3) is 5.91 Å². The highest BCUT2D eigenvalue weighted by molar-refractivity contribution is 5.93. The first-order chi connectivity index (χ1) is 10.8. The smallest absolute Gasteiger partial charge is 0.257 e. The van der Waals surface area contributed by atoms with Crippen molar-refractivity contribution in [3.05, 3.63) is 36.5 Å². The van der Waals surface area contributed by atoms with Gasteiger partial charge in [0.15, 0.2) is 0 Å². The summed E-state index contributed by atoms with van der Waals surface area (Å²) in [6, 6.07) is 1.67. The average Bonchev–Trinajstić information content (AvgIpc) is 3.09. The van der Waals surface area contributed by atoms with Gasteiger partial charge in [-0.15, -0.1) is 0 Å². The van der Waals surface area contributed by atoms with Crippen LogP contribution in [0.25, 0.3) is 0 Å². The number of rotatable bonds is 4. The van der Waals surface area contributed by atoms with Crippen LogP contribution in [0, 0.1) is 0 Å². The molecule has 116 valence electrons. The fraction of sp³-hybridized carbons (Fsp3) is 0.400. The Labute approximate surface area is 127 Å². The normalized spacial score (nSPS) is 18.0. The second-order valence-electron chi connectivity index (χ2n) is 5.04. The van der Waals surface area contributed by atoms with Gasteiger partial charge in [-0.05, 0) is 18.9 Å². The largest absolute Gasteiger partial charge is 0.480 e. The molecule has 22 heavy (non-hydrogen) atoms. The van der Waals surface area contributed by atoms with Crippen LogP contribution in [0.5, 0.6) is 11.8 Å². The lowest BCUT2D eigenvalue weighted by atomic mass is 10.1. The Bertz CT molecular complexity index is 629. The second kappa shape index (κ2) is 6.46. The molecule has 0 saturated carbocycles. The number of amides is 1. The van der Waals surface area contributed by atoms with Crippen LogP contribution >= 0.6 is 0 Å². The van der Waals surface area contributed by atoms with Crippen molar-refractivity contribution in [2.45, 2.75) is 18.9 Å². The van der Waals surface area contributed by atoms with Crippen molar-refractivity contribution in [3.8, 4) is 11.8 Å². The summed E-state index contributed by atoms with van der Waals surface area (Å²) >= 11 is 0. The number of hydrogen-bond donors (Lipinski definition) is 0. The van der Waals surface area contributed by atoms with E-state index >= 15 is 0 Å². The van der Waals surface area contributed by atoms with Gasteiger partial charge < -0.3 is 18.8 Å². The Morgan fingerprint density at radius 2 is 2.27 bits per heavy atom. The van der Waals surface area contributed by atoms with Gasteiger partial charge in [0.05, 0.1) is 37.9 Å². The van der Waals surface area contributed by atoms with E-state index in [0.717, 1.165) is 12.8 Å². The Hall–Kier alpha value is -2.57. The first kappa shape index (κ1) is 14.4. The second-order valence-corrected chi connectivity index (χ2v) is 5.04. The van der Waals surface area contributed by atoms with Crippen LogP contribution in [0.1, 0.15) is 23.2 Å². The van der Waals surface area contributed by atoms with E-state index in [1.807, 2.05) is 0 Å². The maximum Gasteiger partial charge on any atom is 0.257 e. The molecule has 1 saturated heterocycles. The van der Waals surface area contributed by atoms with Gasteiger partial charge in [-0.1, -0.05) is 0 Å². The van der Waals surface area contributed by atoms with Gasteiger partial charge in [-0.25, -0.2) is 0 Å². The van der Waals surface area contributed by atoms with Crippen molar-refractivity contribution in [2.24, 2.45) is 0 Å². The molecule has 0 bridgehead atoms. The lowest BCUT2D eigenvalue weighted by molar-refractivity contribution is 0.0524. The molecule has 1 atom stereocenters. The van der Waals surface area contributed by atoms with E-state index in [1.54, 1.807) is 17.2 Å². The molecule has 1 aliphatic rings. The fourth-order valence-corrected chi connectivity index (χ4v) is 2.44. The van der Waals surface area contributed by atoms with Crippen LogP contribution in [0.2, 0.25) is 0 Å². The number of methoxy groups -OCH3 is 1. The maximum absolute atomic E-state index is 12.3. The molecule has 2 aromatic heterocycles. The molecule has 1 fully saturated rings. The summed E-state index contributed by atoms with van der Waals surface area (Å²) in [5, 5.41) is 0. The Balaban J connectivity index is 1.64. The molecule has 3 heterocycles. The van der Waals surface area contributed by atoms with Gasteiger partial charge >= 0.3 is 0 Å². The van der Waals surface area contributed by atoms with Crippen molar-refractivity contribution in [3.63, 3.8) is 0 Å². The Morgan fingerprint density at radius 1 is 1.41 bits per heavy atom. The van der Waals surface area contributed by atoms with E-state index in [2.05, 4.69) is 9.97 Å². The first-order valence-corrected chi connectivity index (χ1v) is 7.10. The monoisotopic (exact) mass is 303 g/mol. The van der Waals surface area contributed by atoms with E-state index < -0.39 is 0 Å². The van der Waals surface area contributed by atoms with Crippen LogP contribution in [0.3, 0.4) is 0 Å². The fourth-order valence-electron chi connectivity index (χ4n) is 2.44. The average molecular weight is 303 g/mol. The molecule has 0 radical (unpaired) electrons. The third kappa shape index (κ3) is 3.19. The molecule has 1 amide bonds. The van der Waals surface area contributed by atoms with Gasteiger partial charge in [0.1, 0.15) is 12.4 Å². The quantitative estimate of drug-likeness (QED) is 0.856. The molecule has 2 aromatic rings. The number of ether oxygens (including phenoxy) is 2. The predicted molar refractivity (Wildman–Crippen MR) is 76.8 cm³/mol. The molecule has 0 N–H and O–H groups in total. The number of nitrogens with zero attached hydrogens (tertiary/aromatic N) is 3. The predicted octanol–water partition coefficient (Wildman–Crippen LogP) is 1.76. The zero-order valence-electron chi connectivity index (χ0n) is 12.3. The Kier molecular flexibility index (Phi) is 4.22. The van der Waals surface area contributed by atoms with Crippen LogP contribution in [0.15, 0.2) is 35.4 Å². The number of carbonyl (C=O) groups excluding carboxylic acids is 1. The zero-order chi connectivity index (χ0) is 15.4. The van der Waals surface area contributed by atoms with Crippen LogP contribution in [-0.2, 0) is 0 Å². The maximum atomic E-state index is 12.3. The minimum absolute atomic E-state index is 0.0428. The Morgan fingerprint density at radius 3 is 3.05 bits per heavy atom. The van der Waals surface area contributed by atoms with Gasteiger partial charge in [0, 0.05) is 6.54 Å². The number of furan rings is 1. The summed E-state index contributed by atoms with van der Waals surface area (Å²) in [6.45, 7) is 1.23. The van der Waals surface area contributed by atoms with E-state index in [-0.39, 0.29) is 12.0 Å². The molecular formula is C15H17N3O4. The van der Waals surface area contributed by atoms with Gasteiger partial charge in [-0.2, -0.15) is 4.98 Å². The van der Waals surface area contributed by atoms with E-state index in [9.17, 15) is 4.79 Å². The first-order valence-electron chi connectivity index (χ1n) is 7.10. The number of likely N-dealkylation sites (tertiary alicyclic amines) is 1. The third-order valence-corrected chi connectivity index (χ3v) is 3.52. The summed E-state index contributed by atoms with van der Waals surface area (Å²) in [6.07, 6.45) is 7.66. The van der Waals surface area contributed by atoms with Gasteiger partial charge in [-0.3, -0.25) is 9.78 Å². The van der Waals surface area contributed by atoms with Crippen LogP contribution in [0.4, 0.5) is 0 Å². The lowest BCUT2D eigenvalue weighted by Gasteiger charge is -2.32. The summed E-state index contributed by atoms with van der Waals surface area (Å²) in [5.74, 6) is 0.764. The highest BCUT2D eigenvalue weighted by Crippen LogP contribution is 2.19. The molecule has 0 spiro atoms. The summed E-state index contributed by atoms with van der Waals surface area (Å²) < 4.78 is 15.8. The number of piperidine rings is 1. The van der Waals surface area contributed by atoms with Crippen molar-refractivity contribution in [1.29, 1.82) is 0 Å². The summed E-state index contributed by atoms with van der Waals surface area (Å²) in [5.41, 5.74) is 0.557. The minimum atomic E-state index is -0.106. The van der Waals surface area contributed by atoms with E-state index in [1.165, 1.54) is 25.8 Å². The van der Waals surface area contributed by atoms with E-state index in [4.69, 9.17) is 13.9 Å². The molecule has 7 heteroatoms. The number of hydrogen-bond acceptors (Lipinski definition) is 6. The minimum Gasteiger partial charge on any atom is -0.480 e. The van der Waals surface area contributed by atoms with Crippen LogP contribution < -0.4 is 9.47 Å². The summed E-state index contributed by atoms with van der Waals surface area (Å²) in [7, 11) is 1.53. The SMILES string of the molecule is COc1cncc(OC2CCCN(C(=O)c3ccoc3)C2)n1. The topological polar surface area (TPSA) is 77.7 Å².